The molecule has 5 nitrogen and oxygen atoms in total. The molecule has 0 saturated heterocycles. The van der Waals surface area contributed by atoms with E-state index in [2.05, 4.69) is 0 Å². The van der Waals surface area contributed by atoms with Crippen molar-refractivity contribution in [3.05, 3.63) is 46.9 Å². The highest BCUT2D eigenvalue weighted by Gasteiger charge is 2.21. The van der Waals surface area contributed by atoms with Gasteiger partial charge in [0.15, 0.2) is 0 Å². The number of sulfonamides is 1. The van der Waals surface area contributed by atoms with Crippen molar-refractivity contribution in [3.63, 3.8) is 0 Å². The molecule has 0 atom stereocenters. The van der Waals surface area contributed by atoms with Gasteiger partial charge < -0.3 is 10.2 Å². The maximum absolute atomic E-state index is 13.5. The van der Waals surface area contributed by atoms with Crippen molar-refractivity contribution >= 4 is 27.3 Å². The molecule has 1 heterocycles. The summed E-state index contributed by atoms with van der Waals surface area (Å²) in [4.78, 5) is 0. The summed E-state index contributed by atoms with van der Waals surface area (Å²) in [5.41, 5.74) is 4.99. The zero-order valence-electron chi connectivity index (χ0n) is 9.56. The fourth-order valence-electron chi connectivity index (χ4n) is 1.39. The Labute approximate surface area is 114 Å². The summed E-state index contributed by atoms with van der Waals surface area (Å²) in [6.07, 6.45) is 0. The van der Waals surface area contributed by atoms with Crippen LogP contribution >= 0.6 is 11.6 Å². The molecule has 0 aliphatic rings. The van der Waals surface area contributed by atoms with Gasteiger partial charge in [-0.15, -0.1) is 0 Å². The van der Waals surface area contributed by atoms with E-state index in [-0.39, 0.29) is 22.3 Å². The minimum atomic E-state index is -4.04. The van der Waals surface area contributed by atoms with E-state index in [4.69, 9.17) is 21.8 Å². The predicted molar refractivity (Wildman–Crippen MR) is 68.8 cm³/mol. The van der Waals surface area contributed by atoms with Crippen LogP contribution in [0, 0.1) is 5.82 Å². The van der Waals surface area contributed by atoms with Crippen LogP contribution in [-0.2, 0) is 16.6 Å². The minimum Gasteiger partial charge on any atom is -0.446 e. The van der Waals surface area contributed by atoms with Crippen LogP contribution in [0.15, 0.2) is 39.8 Å². The monoisotopic (exact) mass is 304 g/mol. The number of halogens is 2. The van der Waals surface area contributed by atoms with E-state index < -0.39 is 15.8 Å². The van der Waals surface area contributed by atoms with Crippen LogP contribution in [0.5, 0.6) is 0 Å². The molecule has 1 aromatic heterocycles. The number of furan rings is 1. The normalized spacial score (nSPS) is 11.5. The Morgan fingerprint density at radius 1 is 1.32 bits per heavy atom. The van der Waals surface area contributed by atoms with E-state index in [1.165, 1.54) is 24.3 Å². The molecule has 19 heavy (non-hydrogen) atoms. The number of para-hydroxylation sites is 1. The summed E-state index contributed by atoms with van der Waals surface area (Å²) in [5, 5.41) is -0.401. The van der Waals surface area contributed by atoms with Gasteiger partial charge in [0.25, 0.3) is 10.0 Å². The fourth-order valence-corrected chi connectivity index (χ4v) is 2.70. The third-order valence-corrected chi connectivity index (χ3v) is 3.84. The molecule has 0 unspecified atom stereocenters. The Hall–Kier alpha value is -1.57. The zero-order valence-corrected chi connectivity index (χ0v) is 11.1. The van der Waals surface area contributed by atoms with Gasteiger partial charge in [-0.2, -0.15) is 8.42 Å². The largest absolute Gasteiger partial charge is 0.446 e. The highest BCUT2D eigenvalue weighted by Crippen LogP contribution is 2.27. The minimum absolute atomic E-state index is 0.0471. The highest BCUT2D eigenvalue weighted by atomic mass is 35.5. The summed E-state index contributed by atoms with van der Waals surface area (Å²) >= 11 is 5.74. The first-order chi connectivity index (χ1) is 8.94. The third kappa shape index (κ3) is 2.89. The molecule has 0 aliphatic carbocycles. The number of hydrogen-bond donors (Lipinski definition) is 2. The maximum atomic E-state index is 13.5. The summed E-state index contributed by atoms with van der Waals surface area (Å²) in [6, 6.07) is 6.50. The van der Waals surface area contributed by atoms with Crippen LogP contribution < -0.4 is 10.5 Å². The lowest BCUT2D eigenvalue weighted by Gasteiger charge is -2.08. The van der Waals surface area contributed by atoms with Crippen molar-refractivity contribution in [2.24, 2.45) is 5.73 Å². The van der Waals surface area contributed by atoms with Gasteiger partial charge in [-0.25, -0.2) is 4.39 Å². The number of hydrogen-bond acceptors (Lipinski definition) is 4. The average molecular weight is 305 g/mol. The molecule has 0 amide bonds. The summed E-state index contributed by atoms with van der Waals surface area (Å²) in [6.45, 7) is 0.0655. The Morgan fingerprint density at radius 2 is 2.05 bits per heavy atom. The molecule has 0 aliphatic heterocycles. The molecule has 0 fully saturated rings. The van der Waals surface area contributed by atoms with Gasteiger partial charge in [-0.1, -0.05) is 17.7 Å². The van der Waals surface area contributed by atoms with E-state index in [9.17, 15) is 12.8 Å². The molecule has 102 valence electrons. The van der Waals surface area contributed by atoms with Gasteiger partial charge in [0.1, 0.15) is 17.3 Å². The van der Waals surface area contributed by atoms with Crippen LogP contribution in [0.25, 0.3) is 0 Å². The predicted octanol–water partition coefficient (Wildman–Crippen LogP) is 2.33. The standard InChI is InChI=1S/C11H10ClFN2O3S/c12-8-2-1-3-9(13)11(8)15-19(16,17)10-5-4-7(6-14)18-10/h1-5,15H,6,14H2. The van der Waals surface area contributed by atoms with Crippen molar-refractivity contribution in [2.45, 2.75) is 11.6 Å². The third-order valence-electron chi connectivity index (χ3n) is 2.30. The Morgan fingerprint density at radius 3 is 2.63 bits per heavy atom. The fraction of sp³-hybridized carbons (Fsp3) is 0.0909. The summed E-state index contributed by atoms with van der Waals surface area (Å²) < 4.78 is 44.5. The Bertz CT molecular complexity index is 679. The van der Waals surface area contributed by atoms with Gasteiger partial charge in [0, 0.05) is 0 Å². The molecule has 0 spiro atoms. The summed E-state index contributed by atoms with van der Waals surface area (Å²) in [7, 11) is -4.04. The van der Waals surface area contributed by atoms with Gasteiger partial charge >= 0.3 is 0 Å². The Balaban J connectivity index is 2.36. The first-order valence-electron chi connectivity index (χ1n) is 5.19. The van der Waals surface area contributed by atoms with Crippen LogP contribution in [0.2, 0.25) is 5.02 Å². The van der Waals surface area contributed by atoms with E-state index in [0.717, 1.165) is 6.07 Å². The van der Waals surface area contributed by atoms with Crippen molar-refractivity contribution in [1.82, 2.24) is 0 Å². The second-order valence-electron chi connectivity index (χ2n) is 3.63. The molecule has 1 aromatic carbocycles. The number of rotatable bonds is 4. The number of nitrogens with two attached hydrogens (primary N) is 1. The van der Waals surface area contributed by atoms with Crippen LogP contribution in [-0.4, -0.2) is 8.42 Å². The first-order valence-corrected chi connectivity index (χ1v) is 7.06. The van der Waals surface area contributed by atoms with Crippen LogP contribution in [0.1, 0.15) is 5.76 Å². The maximum Gasteiger partial charge on any atom is 0.295 e. The second-order valence-corrected chi connectivity index (χ2v) is 5.65. The van der Waals surface area contributed by atoms with Crippen molar-refractivity contribution in [3.8, 4) is 0 Å². The van der Waals surface area contributed by atoms with Gasteiger partial charge in [0.05, 0.1) is 11.6 Å². The van der Waals surface area contributed by atoms with E-state index >= 15 is 0 Å². The van der Waals surface area contributed by atoms with E-state index in [0.29, 0.717) is 5.76 Å². The van der Waals surface area contributed by atoms with Crippen LogP contribution in [0.4, 0.5) is 10.1 Å². The summed E-state index contributed by atoms with van der Waals surface area (Å²) in [5.74, 6) is -0.471. The van der Waals surface area contributed by atoms with Crippen LogP contribution in [0.3, 0.4) is 0 Å². The first kappa shape index (κ1) is 13.9. The smallest absolute Gasteiger partial charge is 0.295 e. The Kier molecular flexibility index (Phi) is 3.79. The number of benzene rings is 1. The molecule has 0 bridgehead atoms. The molecule has 2 aromatic rings. The lowest BCUT2D eigenvalue weighted by Crippen LogP contribution is -2.13. The molecule has 2 rings (SSSR count). The molecule has 0 radical (unpaired) electrons. The lowest BCUT2D eigenvalue weighted by atomic mass is 10.3. The average Bonchev–Trinajstić information content (AvgIpc) is 2.83. The SMILES string of the molecule is NCc1ccc(S(=O)(=O)Nc2c(F)cccc2Cl)o1. The van der Waals surface area contributed by atoms with Gasteiger partial charge in [0.2, 0.25) is 5.09 Å². The topological polar surface area (TPSA) is 85.3 Å². The lowest BCUT2D eigenvalue weighted by molar-refractivity contribution is 0.417. The van der Waals surface area contributed by atoms with Crippen molar-refractivity contribution in [1.29, 1.82) is 0 Å². The second kappa shape index (κ2) is 5.20. The zero-order chi connectivity index (χ0) is 14.0. The van der Waals surface area contributed by atoms with Crippen molar-refractivity contribution < 1.29 is 17.2 Å². The quantitative estimate of drug-likeness (QED) is 0.908. The van der Waals surface area contributed by atoms with Crippen molar-refractivity contribution in [2.75, 3.05) is 4.72 Å². The molecular weight excluding hydrogens is 295 g/mol. The molecule has 8 heteroatoms. The van der Waals surface area contributed by atoms with Gasteiger partial charge in [-0.05, 0) is 24.3 Å². The molecule has 3 N–H and O–H groups in total. The number of nitrogens with one attached hydrogen (secondary N) is 1. The number of anilines is 1. The van der Waals surface area contributed by atoms with E-state index in [1.807, 2.05) is 4.72 Å². The van der Waals surface area contributed by atoms with E-state index in [1.54, 1.807) is 0 Å². The molecular formula is C11H10ClFN2O3S. The highest BCUT2D eigenvalue weighted by molar-refractivity contribution is 7.92. The van der Waals surface area contributed by atoms with Gasteiger partial charge in [-0.3, -0.25) is 4.72 Å². The molecule has 0 saturated carbocycles.